The van der Waals surface area contributed by atoms with Crippen LogP contribution in [-0.2, 0) is 65.4 Å². The molecule has 17 nitrogen and oxygen atoms in total. The van der Waals surface area contributed by atoms with Gasteiger partial charge in [0.15, 0.2) is 12.2 Å². The SMILES string of the molecule is CC/C=C\C/C=C\C/C=C\C/C=C\CCCCCCC(=O)OCC(COP(=O)(O)OCC(O)COP(=O)(O)OCC(COC(=O)CCCCCCCC/C=C\C/C=C\C/C=C\CCCCC)OC(=O)CCCCCCCCC/C=C\C/C=C\C/C=C\CC)OC(=O)CCCCCCC/C=C\CCCCCC. The summed E-state index contributed by atoms with van der Waals surface area (Å²) in [6, 6.07) is 0. The summed E-state index contributed by atoms with van der Waals surface area (Å²) in [5, 5.41) is 10.7. The number of carbonyl (C=O) groups is 4. The lowest BCUT2D eigenvalue weighted by Gasteiger charge is -2.21. The smallest absolute Gasteiger partial charge is 0.462 e. The zero-order chi connectivity index (χ0) is 77.4. The fourth-order valence-corrected chi connectivity index (χ4v) is 12.4. The highest BCUT2D eigenvalue weighted by Crippen LogP contribution is 2.45. The first-order valence-electron chi connectivity index (χ1n) is 41.4. The fourth-order valence-electron chi connectivity index (χ4n) is 10.8. The van der Waals surface area contributed by atoms with Gasteiger partial charge in [0.25, 0.3) is 0 Å². The first kappa shape index (κ1) is 101. The molecule has 0 aromatic heterocycles. The number of phosphoric ester groups is 2. The Morgan fingerprint density at radius 3 is 0.783 bits per heavy atom. The summed E-state index contributed by atoms with van der Waals surface area (Å²) in [6.45, 7) is 4.57. The van der Waals surface area contributed by atoms with Crippen LogP contribution in [0, 0.1) is 0 Å². The molecule has 0 aromatic carbocycles. The largest absolute Gasteiger partial charge is 0.472 e. The van der Waals surface area contributed by atoms with Crippen molar-refractivity contribution >= 4 is 39.5 Å². The van der Waals surface area contributed by atoms with Gasteiger partial charge in [-0.25, -0.2) is 9.13 Å². The average molecular weight is 1530 g/mol. The van der Waals surface area contributed by atoms with E-state index in [9.17, 15) is 43.2 Å². The van der Waals surface area contributed by atoms with Gasteiger partial charge >= 0.3 is 39.5 Å². The third-order valence-corrected chi connectivity index (χ3v) is 19.0. The van der Waals surface area contributed by atoms with Crippen molar-refractivity contribution in [3.8, 4) is 0 Å². The summed E-state index contributed by atoms with van der Waals surface area (Å²) < 4.78 is 68.7. The zero-order valence-corrected chi connectivity index (χ0v) is 68.4. The van der Waals surface area contributed by atoms with Crippen LogP contribution in [0.3, 0.4) is 0 Å². The van der Waals surface area contributed by atoms with Crippen molar-refractivity contribution in [1.82, 2.24) is 0 Å². The third-order valence-electron chi connectivity index (χ3n) is 17.1. The van der Waals surface area contributed by atoms with Crippen LogP contribution in [-0.4, -0.2) is 96.7 Å². The number of hydrogen-bond acceptors (Lipinski definition) is 15. The van der Waals surface area contributed by atoms with Gasteiger partial charge in [-0.3, -0.25) is 37.3 Å². The maximum atomic E-state index is 13.1. The van der Waals surface area contributed by atoms with E-state index in [0.717, 1.165) is 212 Å². The molecular weight excluding hydrogens is 1380 g/mol. The molecule has 0 aliphatic heterocycles. The monoisotopic (exact) mass is 1530 g/mol. The quantitative estimate of drug-likeness (QED) is 0.0169. The number of phosphoric acid groups is 2. The van der Waals surface area contributed by atoms with Crippen molar-refractivity contribution in [3.63, 3.8) is 0 Å². The van der Waals surface area contributed by atoms with E-state index in [1.165, 1.54) is 44.9 Å². The lowest BCUT2D eigenvalue weighted by atomic mass is 10.1. The minimum Gasteiger partial charge on any atom is -0.462 e. The lowest BCUT2D eigenvalue weighted by Crippen LogP contribution is -2.30. The number of unbranched alkanes of at least 4 members (excludes halogenated alkanes) is 29. The molecule has 608 valence electrons. The normalized spacial score (nSPS) is 14.5. The molecule has 0 fully saturated rings. The summed E-state index contributed by atoms with van der Waals surface area (Å²) in [7, 11) is -9.98. The van der Waals surface area contributed by atoms with Gasteiger partial charge in [-0.2, -0.15) is 0 Å². The van der Waals surface area contributed by atoms with Crippen LogP contribution in [0.4, 0.5) is 0 Å². The maximum absolute atomic E-state index is 13.1. The predicted molar refractivity (Wildman–Crippen MR) is 436 cm³/mol. The van der Waals surface area contributed by atoms with Gasteiger partial charge < -0.3 is 33.8 Å². The first-order valence-corrected chi connectivity index (χ1v) is 44.4. The second-order valence-corrected chi connectivity index (χ2v) is 30.2. The third kappa shape index (κ3) is 77.4. The molecule has 0 spiro atoms. The molecule has 0 saturated heterocycles. The second-order valence-electron chi connectivity index (χ2n) is 27.3. The fraction of sp³-hybridized carbons (Fsp3) is 0.701. The van der Waals surface area contributed by atoms with Crippen molar-refractivity contribution in [2.75, 3.05) is 39.6 Å². The Hall–Kier alpha value is -4.80. The Bertz CT molecular complexity index is 2530. The minimum atomic E-state index is -4.99. The van der Waals surface area contributed by atoms with Crippen LogP contribution >= 0.6 is 15.6 Å². The van der Waals surface area contributed by atoms with E-state index in [0.29, 0.717) is 25.7 Å². The van der Waals surface area contributed by atoms with E-state index in [1.54, 1.807) is 0 Å². The highest BCUT2D eigenvalue weighted by atomic mass is 31.2. The molecule has 106 heavy (non-hydrogen) atoms. The minimum absolute atomic E-state index is 0.0767. The maximum Gasteiger partial charge on any atom is 0.472 e. The topological polar surface area (TPSA) is 237 Å². The molecule has 19 heteroatoms. The van der Waals surface area contributed by atoms with Crippen LogP contribution < -0.4 is 0 Å². The zero-order valence-electron chi connectivity index (χ0n) is 66.6. The first-order chi connectivity index (χ1) is 51.7. The van der Waals surface area contributed by atoms with Crippen LogP contribution in [0.15, 0.2) is 134 Å². The molecule has 3 N–H and O–H groups in total. The number of aliphatic hydroxyl groups is 1. The Kier molecular flexibility index (Phi) is 74.8. The molecular formula is C87H148O17P2. The van der Waals surface area contributed by atoms with Crippen LogP contribution in [0.25, 0.3) is 0 Å². The van der Waals surface area contributed by atoms with Crippen LogP contribution in [0.2, 0.25) is 0 Å². The number of allylic oxidation sites excluding steroid dienone is 22. The molecule has 0 bridgehead atoms. The molecule has 0 saturated carbocycles. The number of carbonyl (C=O) groups excluding carboxylic acids is 4. The van der Waals surface area contributed by atoms with Gasteiger partial charge in [0.2, 0.25) is 0 Å². The number of aliphatic hydroxyl groups excluding tert-OH is 1. The van der Waals surface area contributed by atoms with Crippen molar-refractivity contribution < 1.29 is 80.2 Å². The van der Waals surface area contributed by atoms with E-state index in [-0.39, 0.29) is 25.7 Å². The highest BCUT2D eigenvalue weighted by Gasteiger charge is 2.30. The Labute approximate surface area is 644 Å². The van der Waals surface area contributed by atoms with Gasteiger partial charge in [-0.15, -0.1) is 0 Å². The number of esters is 4. The van der Waals surface area contributed by atoms with E-state index in [1.807, 2.05) is 0 Å². The van der Waals surface area contributed by atoms with Gasteiger partial charge in [0, 0.05) is 25.7 Å². The van der Waals surface area contributed by atoms with Crippen LogP contribution in [0.1, 0.15) is 336 Å². The van der Waals surface area contributed by atoms with Crippen LogP contribution in [0.5, 0.6) is 0 Å². The summed E-state index contributed by atoms with van der Waals surface area (Å²) in [4.78, 5) is 73.1. The molecule has 5 atom stereocenters. The number of hydrogen-bond donors (Lipinski definition) is 3. The molecule has 0 rings (SSSR count). The van der Waals surface area contributed by atoms with Gasteiger partial charge in [-0.1, -0.05) is 283 Å². The Morgan fingerprint density at radius 1 is 0.274 bits per heavy atom. The van der Waals surface area contributed by atoms with E-state index < -0.39 is 97.5 Å². The van der Waals surface area contributed by atoms with E-state index in [4.69, 9.17) is 37.0 Å². The van der Waals surface area contributed by atoms with Crippen molar-refractivity contribution in [1.29, 1.82) is 0 Å². The molecule has 0 aromatic rings. The number of rotatable bonds is 77. The highest BCUT2D eigenvalue weighted by molar-refractivity contribution is 7.47. The molecule has 0 radical (unpaired) electrons. The van der Waals surface area contributed by atoms with E-state index >= 15 is 0 Å². The molecule has 0 heterocycles. The molecule has 0 aliphatic rings. The summed E-state index contributed by atoms with van der Waals surface area (Å²) >= 11 is 0. The summed E-state index contributed by atoms with van der Waals surface area (Å²) in [6.07, 6.45) is 88.4. The lowest BCUT2D eigenvalue weighted by molar-refractivity contribution is -0.161. The molecule has 5 unspecified atom stereocenters. The van der Waals surface area contributed by atoms with Gasteiger partial charge in [0.05, 0.1) is 26.4 Å². The van der Waals surface area contributed by atoms with Gasteiger partial charge in [0.1, 0.15) is 19.3 Å². The summed E-state index contributed by atoms with van der Waals surface area (Å²) in [5.74, 6) is -2.23. The standard InChI is InChI=1S/C87H148O17P2/c1-5-9-13-17-21-25-29-33-36-39-40-43-45-49-52-56-60-64-68-72-85(90)98-78-83(104-87(92)74-70-66-62-58-54-50-46-42-38-35-31-27-23-19-15-11-7-3)80-102-106(95,96)100-76-81(88)75-99-105(93,94)101-79-82(103-86(91)73-69-65-61-57-53-47-32-28-24-20-16-12-8-4)77-97-84(89)71-67-63-59-55-51-48-44-41-37-34-30-26-22-18-14-10-6-2/h10-11,14-15,21-23,25-28,32-38,40,43-44,48,81-83,88H,5-9,12-13,16-20,24,29-31,39,41-42,45-47,49-80H2,1-4H3,(H,93,94)(H,95,96)/b14-10-,15-11-,25-21-,26-22-,27-23-,32-28-,36-33-,37-34-,38-35-,43-40-,48-44-. The second kappa shape index (κ2) is 78.3. The van der Waals surface area contributed by atoms with E-state index in [2.05, 4.69) is 161 Å². The predicted octanol–water partition coefficient (Wildman–Crippen LogP) is 24.4. The van der Waals surface area contributed by atoms with Crippen molar-refractivity contribution in [2.45, 2.75) is 354 Å². The molecule has 0 amide bonds. The van der Waals surface area contributed by atoms with Crippen molar-refractivity contribution in [2.24, 2.45) is 0 Å². The average Bonchev–Trinajstić information content (AvgIpc) is 0.937. The van der Waals surface area contributed by atoms with Crippen molar-refractivity contribution in [3.05, 3.63) is 134 Å². The Morgan fingerprint density at radius 2 is 0.491 bits per heavy atom. The van der Waals surface area contributed by atoms with Gasteiger partial charge in [-0.05, 0) is 161 Å². The Balaban J connectivity index is 5.40. The summed E-state index contributed by atoms with van der Waals surface area (Å²) in [5.41, 5.74) is 0. The number of ether oxygens (including phenoxy) is 4. The molecule has 0 aliphatic carbocycles.